The molecule has 1 aliphatic carbocycles. The van der Waals surface area contributed by atoms with Gasteiger partial charge in [0.25, 0.3) is 0 Å². The quantitative estimate of drug-likeness (QED) is 0.728. The number of anilines is 1. The summed E-state index contributed by atoms with van der Waals surface area (Å²) in [5.41, 5.74) is 2.56. The van der Waals surface area contributed by atoms with Crippen molar-refractivity contribution in [2.45, 2.75) is 83.7 Å². The number of carbonyl (C=O) groups is 1. The number of rotatable bonds is 2. The topological polar surface area (TPSA) is 55.6 Å². The van der Waals surface area contributed by atoms with E-state index in [0.29, 0.717) is 5.92 Å². The van der Waals surface area contributed by atoms with Gasteiger partial charge in [0, 0.05) is 11.8 Å². The van der Waals surface area contributed by atoms with Crippen LogP contribution in [0.3, 0.4) is 0 Å². The van der Waals surface area contributed by atoms with Crippen LogP contribution in [0.5, 0.6) is 0 Å². The Morgan fingerprint density at radius 3 is 2.46 bits per heavy atom. The van der Waals surface area contributed by atoms with Crippen molar-refractivity contribution in [3.8, 4) is 0 Å². The average molecular weight is 357 g/mol. The van der Waals surface area contributed by atoms with Crippen molar-refractivity contribution < 1.29 is 9.53 Å². The van der Waals surface area contributed by atoms with Crippen molar-refractivity contribution >= 4 is 17.3 Å². The third-order valence-electron chi connectivity index (χ3n) is 5.00. The lowest BCUT2D eigenvalue weighted by Gasteiger charge is -2.23. The van der Waals surface area contributed by atoms with Gasteiger partial charge in [-0.05, 0) is 51.7 Å². The number of fused-ring (bicyclic) bond motifs is 1. The Morgan fingerprint density at radius 2 is 1.81 bits per heavy atom. The zero-order chi connectivity index (χ0) is 18.6. The molecule has 0 unspecified atom stereocenters. The highest BCUT2D eigenvalue weighted by Crippen LogP contribution is 2.37. The summed E-state index contributed by atoms with van der Waals surface area (Å²) >= 11 is 0. The van der Waals surface area contributed by atoms with E-state index in [-0.39, 0.29) is 0 Å². The van der Waals surface area contributed by atoms with E-state index in [4.69, 9.17) is 4.74 Å². The smallest absolute Gasteiger partial charge is 0.412 e. The van der Waals surface area contributed by atoms with Gasteiger partial charge >= 0.3 is 6.09 Å². The maximum atomic E-state index is 12.3. The standard InChI is InChI=1S/C21H31N3O2/c1-21(2,3)26-20(25)23-17-15-22-24-14-10-13-18(24)19(17)16-11-8-6-4-5-7-9-12-16/h10,13-16H,4-9,11-12H2,1-3H3,(H,23,25). The van der Waals surface area contributed by atoms with Gasteiger partial charge in [0.05, 0.1) is 17.4 Å². The minimum atomic E-state index is -0.519. The van der Waals surface area contributed by atoms with Crippen molar-refractivity contribution in [2.75, 3.05) is 5.32 Å². The number of hydrogen-bond donors (Lipinski definition) is 1. The molecule has 1 amide bonds. The summed E-state index contributed by atoms with van der Waals surface area (Å²) in [6.07, 6.45) is 13.4. The predicted molar refractivity (Wildman–Crippen MR) is 105 cm³/mol. The molecule has 0 saturated heterocycles. The molecule has 26 heavy (non-hydrogen) atoms. The summed E-state index contributed by atoms with van der Waals surface area (Å²) in [7, 11) is 0. The average Bonchev–Trinajstić information content (AvgIpc) is 3.05. The molecule has 0 aromatic carbocycles. The first-order valence-electron chi connectivity index (χ1n) is 9.90. The molecule has 0 atom stereocenters. The van der Waals surface area contributed by atoms with E-state index in [1.54, 1.807) is 6.20 Å². The van der Waals surface area contributed by atoms with E-state index in [1.807, 2.05) is 37.5 Å². The fourth-order valence-electron chi connectivity index (χ4n) is 3.88. The van der Waals surface area contributed by atoms with Crippen molar-refractivity contribution in [1.82, 2.24) is 9.61 Å². The van der Waals surface area contributed by atoms with Gasteiger partial charge < -0.3 is 4.74 Å². The largest absolute Gasteiger partial charge is 0.444 e. The lowest BCUT2D eigenvalue weighted by Crippen LogP contribution is -2.28. The first-order chi connectivity index (χ1) is 12.4. The van der Waals surface area contributed by atoms with Crippen LogP contribution in [0.15, 0.2) is 24.5 Å². The summed E-state index contributed by atoms with van der Waals surface area (Å²) in [5, 5.41) is 7.41. The molecular formula is C21H31N3O2. The lowest BCUT2D eigenvalue weighted by atomic mass is 9.88. The molecule has 5 heteroatoms. The molecule has 1 fully saturated rings. The van der Waals surface area contributed by atoms with Crippen LogP contribution in [0.1, 0.15) is 83.6 Å². The van der Waals surface area contributed by atoms with Gasteiger partial charge in [0.1, 0.15) is 5.60 Å². The highest BCUT2D eigenvalue weighted by atomic mass is 16.6. The molecular weight excluding hydrogens is 326 g/mol. The second kappa shape index (κ2) is 8.11. The Morgan fingerprint density at radius 1 is 1.15 bits per heavy atom. The predicted octanol–water partition coefficient (Wildman–Crippen LogP) is 5.90. The molecule has 0 bridgehead atoms. The fourth-order valence-corrected chi connectivity index (χ4v) is 3.88. The second-order valence-corrected chi connectivity index (χ2v) is 8.33. The molecule has 5 nitrogen and oxygen atoms in total. The van der Waals surface area contributed by atoms with Crippen LogP contribution in [-0.2, 0) is 4.74 Å². The minimum absolute atomic E-state index is 0.417. The molecule has 1 saturated carbocycles. The van der Waals surface area contributed by atoms with Gasteiger partial charge in [0.15, 0.2) is 0 Å². The summed E-state index contributed by atoms with van der Waals surface area (Å²) < 4.78 is 7.36. The van der Waals surface area contributed by atoms with Crippen LogP contribution in [0.2, 0.25) is 0 Å². The molecule has 0 aliphatic heterocycles. The number of nitrogens with zero attached hydrogens (tertiary/aromatic N) is 2. The van der Waals surface area contributed by atoms with E-state index in [2.05, 4.69) is 16.5 Å². The van der Waals surface area contributed by atoms with Gasteiger partial charge in [0.2, 0.25) is 0 Å². The number of ether oxygens (including phenoxy) is 1. The van der Waals surface area contributed by atoms with E-state index in [1.165, 1.54) is 44.1 Å². The first-order valence-corrected chi connectivity index (χ1v) is 9.90. The monoisotopic (exact) mass is 357 g/mol. The fraction of sp³-hybridized carbons (Fsp3) is 0.619. The Kier molecular flexibility index (Phi) is 5.84. The van der Waals surface area contributed by atoms with Crippen molar-refractivity contribution in [3.05, 3.63) is 30.1 Å². The van der Waals surface area contributed by atoms with Gasteiger partial charge in [-0.2, -0.15) is 5.10 Å². The molecule has 0 spiro atoms. The second-order valence-electron chi connectivity index (χ2n) is 8.33. The molecule has 2 heterocycles. The summed E-state index contributed by atoms with van der Waals surface area (Å²) in [4.78, 5) is 12.3. The lowest BCUT2D eigenvalue weighted by molar-refractivity contribution is 0.0635. The molecule has 142 valence electrons. The van der Waals surface area contributed by atoms with Crippen molar-refractivity contribution in [3.63, 3.8) is 0 Å². The number of amides is 1. The maximum absolute atomic E-state index is 12.3. The highest BCUT2D eigenvalue weighted by Gasteiger charge is 2.23. The molecule has 2 aromatic heterocycles. The Bertz CT molecular complexity index is 735. The van der Waals surface area contributed by atoms with Crippen molar-refractivity contribution in [2.24, 2.45) is 0 Å². The van der Waals surface area contributed by atoms with E-state index >= 15 is 0 Å². The number of nitrogens with one attached hydrogen (secondary N) is 1. The molecule has 1 aliphatic rings. The molecule has 3 rings (SSSR count). The van der Waals surface area contributed by atoms with Crippen LogP contribution < -0.4 is 5.32 Å². The number of carbonyl (C=O) groups excluding carboxylic acids is 1. The molecule has 1 N–H and O–H groups in total. The Balaban J connectivity index is 1.92. The van der Waals surface area contributed by atoms with Crippen LogP contribution in [0, 0.1) is 0 Å². The first kappa shape index (κ1) is 18.7. The zero-order valence-electron chi connectivity index (χ0n) is 16.3. The van der Waals surface area contributed by atoms with Crippen LogP contribution in [0.25, 0.3) is 5.52 Å². The number of hydrogen-bond acceptors (Lipinski definition) is 3. The summed E-state index contributed by atoms with van der Waals surface area (Å²) in [6.45, 7) is 5.63. The van der Waals surface area contributed by atoms with E-state index in [9.17, 15) is 4.79 Å². The van der Waals surface area contributed by atoms with Crippen molar-refractivity contribution in [1.29, 1.82) is 0 Å². The SMILES string of the molecule is CC(C)(C)OC(=O)Nc1cnn2cccc2c1C1CCCCCCCC1. The Labute approximate surface area is 156 Å². The number of aromatic nitrogens is 2. The van der Waals surface area contributed by atoms with Gasteiger partial charge in [-0.3, -0.25) is 5.32 Å². The molecule has 0 radical (unpaired) electrons. The van der Waals surface area contributed by atoms with E-state index in [0.717, 1.165) is 24.0 Å². The van der Waals surface area contributed by atoms with Crippen LogP contribution in [0.4, 0.5) is 10.5 Å². The Hall–Kier alpha value is -2.04. The third-order valence-corrected chi connectivity index (χ3v) is 5.00. The van der Waals surface area contributed by atoms with Gasteiger partial charge in [-0.25, -0.2) is 9.31 Å². The van der Waals surface area contributed by atoms with Crippen LogP contribution >= 0.6 is 0 Å². The summed E-state index contributed by atoms with van der Waals surface area (Å²) in [6, 6.07) is 4.10. The van der Waals surface area contributed by atoms with Gasteiger partial charge in [-0.1, -0.05) is 38.5 Å². The third kappa shape index (κ3) is 4.77. The normalized spacial score (nSPS) is 17.3. The minimum Gasteiger partial charge on any atom is -0.444 e. The zero-order valence-corrected chi connectivity index (χ0v) is 16.3. The van der Waals surface area contributed by atoms with Crippen LogP contribution in [-0.4, -0.2) is 21.3 Å². The van der Waals surface area contributed by atoms with Gasteiger partial charge in [-0.15, -0.1) is 0 Å². The highest BCUT2D eigenvalue weighted by molar-refractivity contribution is 5.87. The molecule has 2 aromatic rings. The summed E-state index contributed by atoms with van der Waals surface area (Å²) in [5.74, 6) is 0.443. The maximum Gasteiger partial charge on any atom is 0.412 e. The van der Waals surface area contributed by atoms with E-state index < -0.39 is 11.7 Å².